The van der Waals surface area contributed by atoms with E-state index in [1.807, 2.05) is 5.43 Å². The van der Waals surface area contributed by atoms with Crippen LogP contribution >= 0.6 is 0 Å². The van der Waals surface area contributed by atoms with Gasteiger partial charge < -0.3 is 0 Å². The van der Waals surface area contributed by atoms with Gasteiger partial charge in [-0.3, -0.25) is 10.2 Å². The highest BCUT2D eigenvalue weighted by Gasteiger charge is 2.58. The summed E-state index contributed by atoms with van der Waals surface area (Å²) in [6.07, 6.45) is 1.09. The Morgan fingerprint density at radius 2 is 1.72 bits per heavy atom. The van der Waals surface area contributed by atoms with E-state index in [-0.39, 0.29) is 24.3 Å². The molecule has 1 unspecified atom stereocenters. The zero-order chi connectivity index (χ0) is 21.1. The average molecular weight is 420 g/mol. The number of carbonyl (C=O) groups is 2. The van der Waals surface area contributed by atoms with Crippen molar-refractivity contribution in [1.29, 1.82) is 0 Å². The van der Waals surface area contributed by atoms with Crippen molar-refractivity contribution in [3.63, 3.8) is 0 Å². The van der Waals surface area contributed by atoms with Gasteiger partial charge in [-0.15, -0.1) is 3.89 Å². The van der Waals surface area contributed by atoms with Crippen LogP contribution in [0.5, 0.6) is 0 Å². The Morgan fingerprint density at radius 1 is 1.07 bits per heavy atom. The number of quaternary nitrogens is 1. The third-order valence-electron chi connectivity index (χ3n) is 5.33. The van der Waals surface area contributed by atoms with Crippen LogP contribution in [0.25, 0.3) is 0 Å². The van der Waals surface area contributed by atoms with Crippen LogP contribution in [0.2, 0.25) is 0 Å². The van der Waals surface area contributed by atoms with Crippen LogP contribution in [-0.4, -0.2) is 36.7 Å². The fourth-order valence-corrected chi connectivity index (χ4v) is 5.98. The molecule has 7 nitrogen and oxygen atoms in total. The molecule has 9 heteroatoms. The van der Waals surface area contributed by atoms with Crippen molar-refractivity contribution in [3.05, 3.63) is 66.0 Å². The van der Waals surface area contributed by atoms with Crippen LogP contribution in [0, 0.1) is 5.82 Å². The summed E-state index contributed by atoms with van der Waals surface area (Å²) < 4.78 is 39.7. The van der Waals surface area contributed by atoms with Crippen LogP contribution in [0.15, 0.2) is 59.5 Å². The van der Waals surface area contributed by atoms with E-state index in [1.54, 1.807) is 30.3 Å². The lowest BCUT2D eigenvalue weighted by atomic mass is 10.00. The normalized spacial score (nSPS) is 22.1. The van der Waals surface area contributed by atoms with Crippen LogP contribution in [0.4, 0.5) is 4.39 Å². The third kappa shape index (κ3) is 3.81. The highest BCUT2D eigenvalue weighted by molar-refractivity contribution is 7.86. The molecule has 0 spiro atoms. The molecule has 154 valence electrons. The van der Waals surface area contributed by atoms with Gasteiger partial charge in [0.15, 0.2) is 6.04 Å². The molecule has 0 aromatic heterocycles. The molecular weight excluding hydrogens is 397 g/mol. The lowest BCUT2D eigenvalue weighted by molar-refractivity contribution is -0.753. The molecule has 0 saturated carbocycles. The number of carbonyl (C=O) groups excluding carboxylic acids is 2. The van der Waals surface area contributed by atoms with E-state index in [0.29, 0.717) is 18.4 Å². The molecule has 2 amide bonds. The Morgan fingerprint density at radius 3 is 2.34 bits per heavy atom. The quantitative estimate of drug-likeness (QED) is 0.331. The summed E-state index contributed by atoms with van der Waals surface area (Å²) >= 11 is 0. The second-order valence-electron chi connectivity index (χ2n) is 7.02. The van der Waals surface area contributed by atoms with Crippen LogP contribution in [0.1, 0.15) is 24.8 Å². The first-order chi connectivity index (χ1) is 13.8. The molecule has 3 N–H and O–H groups in total. The number of hydrogen-bond donors (Lipinski definition) is 2. The van der Waals surface area contributed by atoms with Gasteiger partial charge in [-0.1, -0.05) is 30.3 Å². The Labute approximate surface area is 168 Å². The van der Waals surface area contributed by atoms with E-state index >= 15 is 0 Å². The summed E-state index contributed by atoms with van der Waals surface area (Å²) in [7, 11) is -4.36. The molecule has 1 heterocycles. The molecule has 0 radical (unpaired) electrons. The Balaban J connectivity index is 2.16. The molecule has 3 rings (SSSR count). The number of nitrogens with zero attached hydrogens (tertiary/aromatic N) is 1. The number of hydrazine groups is 1. The van der Waals surface area contributed by atoms with Gasteiger partial charge in [0.1, 0.15) is 17.3 Å². The van der Waals surface area contributed by atoms with Gasteiger partial charge in [0, 0.05) is 6.42 Å². The minimum absolute atomic E-state index is 0.0521. The summed E-state index contributed by atoms with van der Waals surface area (Å²) in [5.41, 5.74) is 2.65. The molecule has 29 heavy (non-hydrogen) atoms. The first-order valence-electron chi connectivity index (χ1n) is 9.29. The second-order valence-corrected chi connectivity index (χ2v) is 9.10. The lowest BCUT2D eigenvalue weighted by Crippen LogP contribution is -2.69. The molecule has 0 bridgehead atoms. The molecule has 2 aromatic carbocycles. The van der Waals surface area contributed by atoms with Gasteiger partial charge in [-0.25, -0.2) is 15.0 Å². The van der Waals surface area contributed by atoms with Crippen molar-refractivity contribution >= 4 is 21.8 Å². The van der Waals surface area contributed by atoms with E-state index in [1.165, 1.54) is 0 Å². The number of amides is 2. The first kappa shape index (κ1) is 21.1. The first-order valence-corrected chi connectivity index (χ1v) is 10.7. The maximum Gasteiger partial charge on any atom is 0.335 e. The summed E-state index contributed by atoms with van der Waals surface area (Å²) in [6, 6.07) is 11.8. The van der Waals surface area contributed by atoms with Crippen molar-refractivity contribution in [1.82, 2.24) is 5.43 Å². The molecule has 2 atom stereocenters. The van der Waals surface area contributed by atoms with Crippen molar-refractivity contribution in [2.24, 2.45) is 5.84 Å². The van der Waals surface area contributed by atoms with E-state index in [0.717, 1.165) is 24.3 Å². The van der Waals surface area contributed by atoms with Gasteiger partial charge in [-0.05, 0) is 42.7 Å². The van der Waals surface area contributed by atoms with Crippen LogP contribution < -0.4 is 11.3 Å². The second kappa shape index (κ2) is 8.40. The van der Waals surface area contributed by atoms with Crippen molar-refractivity contribution in [2.45, 2.75) is 36.6 Å². The number of hydrogen-bond acceptors (Lipinski definition) is 5. The van der Waals surface area contributed by atoms with Gasteiger partial charge >= 0.3 is 15.9 Å². The molecule has 2 aromatic rings. The Kier molecular flexibility index (Phi) is 6.11. The molecule has 1 aliphatic rings. The molecule has 1 aliphatic heterocycles. The number of nitrogens with one attached hydrogen (secondary N) is 1. The van der Waals surface area contributed by atoms with Gasteiger partial charge in [-0.2, -0.15) is 8.42 Å². The molecular formula is C20H23FN3O4S+. The van der Waals surface area contributed by atoms with E-state index in [4.69, 9.17) is 5.84 Å². The summed E-state index contributed by atoms with van der Waals surface area (Å²) in [5, 5.41) is 0. The van der Waals surface area contributed by atoms with Crippen molar-refractivity contribution in [2.75, 3.05) is 6.54 Å². The minimum atomic E-state index is -4.36. The third-order valence-corrected chi connectivity index (χ3v) is 7.69. The Bertz CT molecular complexity index is 996. The standard InChI is InChI=1S/C20H22FN3O4S/c21-16-9-11-17(12-10-16)29(27,28)24(13-5-4-8-18(24)20(26)23-22)19(25)14-15-6-2-1-3-7-15/h1-3,6-7,9-12,18H,4-5,8,13-14,22H2/p+1/t18-,24?/m0/s1. The maximum absolute atomic E-state index is 13.7. The SMILES string of the molecule is NNC(=O)[C@@H]1CCCC[N+]1(C(=O)Cc1ccccc1)S(=O)(=O)c1ccc(F)cc1. The maximum atomic E-state index is 13.7. The van der Waals surface area contributed by atoms with Gasteiger partial charge in [0.05, 0.1) is 6.42 Å². The average Bonchev–Trinajstić information content (AvgIpc) is 2.74. The fourth-order valence-electron chi connectivity index (χ4n) is 3.88. The Hall–Kier alpha value is -2.62. The van der Waals surface area contributed by atoms with Gasteiger partial charge in [0.2, 0.25) is 0 Å². The largest absolute Gasteiger partial charge is 0.335 e. The number of benzene rings is 2. The van der Waals surface area contributed by atoms with Crippen LogP contribution in [0.3, 0.4) is 0 Å². The predicted molar refractivity (Wildman–Crippen MR) is 104 cm³/mol. The number of halogens is 1. The number of piperidine rings is 1. The van der Waals surface area contributed by atoms with Crippen molar-refractivity contribution < 1.29 is 26.3 Å². The van der Waals surface area contributed by atoms with E-state index < -0.39 is 37.6 Å². The molecule has 0 aliphatic carbocycles. The topological polar surface area (TPSA) is 106 Å². The van der Waals surface area contributed by atoms with Gasteiger partial charge in [0.25, 0.3) is 5.91 Å². The monoisotopic (exact) mass is 420 g/mol. The predicted octanol–water partition coefficient (Wildman–Crippen LogP) is 1.64. The lowest BCUT2D eigenvalue weighted by Gasteiger charge is -2.42. The summed E-state index contributed by atoms with van der Waals surface area (Å²) in [6.45, 7) is -0.0521. The number of sulfonamides is 1. The fraction of sp³-hybridized carbons (Fsp3) is 0.300. The number of likely N-dealkylation sites (tertiary alicyclic amines) is 1. The van der Waals surface area contributed by atoms with Crippen molar-refractivity contribution in [3.8, 4) is 0 Å². The highest BCUT2D eigenvalue weighted by Crippen LogP contribution is 2.36. The van der Waals surface area contributed by atoms with E-state index in [9.17, 15) is 22.4 Å². The zero-order valence-corrected chi connectivity index (χ0v) is 16.6. The minimum Gasteiger partial charge on any atom is -0.289 e. The number of rotatable bonds is 5. The summed E-state index contributed by atoms with van der Waals surface area (Å²) in [5.74, 6) is 3.39. The zero-order valence-electron chi connectivity index (χ0n) is 15.8. The molecule has 1 fully saturated rings. The van der Waals surface area contributed by atoms with Crippen LogP contribution in [-0.2, 0) is 26.0 Å². The molecule has 1 saturated heterocycles. The highest BCUT2D eigenvalue weighted by atomic mass is 32.2. The summed E-state index contributed by atoms with van der Waals surface area (Å²) in [4.78, 5) is 25.8. The smallest absolute Gasteiger partial charge is 0.289 e. The van der Waals surface area contributed by atoms with E-state index in [2.05, 4.69) is 0 Å². The number of nitrogens with two attached hydrogens (primary N) is 1.